The molecule has 2 atom stereocenters. The summed E-state index contributed by atoms with van der Waals surface area (Å²) in [7, 11) is 0. The molecule has 0 N–H and O–H groups in total. The van der Waals surface area contributed by atoms with Gasteiger partial charge in [-0.05, 0) is 156 Å². The predicted octanol–water partition coefficient (Wildman–Crippen LogP) is 15.6. The number of esters is 7. The average Bonchev–Trinajstić information content (AvgIpc) is 1.79. The molecule has 1 saturated carbocycles. The van der Waals surface area contributed by atoms with Crippen molar-refractivity contribution in [1.29, 1.82) is 10.5 Å². The van der Waals surface area contributed by atoms with Crippen LogP contribution in [-0.2, 0) is 85.8 Å². The number of nitrogens with zero attached hydrogens (tertiary/aromatic N) is 2. The SMILES string of the molecule is CC(=O)COC(=O)C(C)(C)C(C)(C)C.CC(C)(C)C(C)(C)C(=O)OCC#N.CC(C)(C)C(C)(C)C(=O)OCCC#N.CC1(C)COC(=O)C1OC(=O)C(C)(C)C(C)(C)C.CC1(C)OCC(COC(=O)C(C)(C)C(C)(C)C)O1.CC1(OC(=O)C(C)(C)C(C)(C)C)CCC(=O)CC1. The Hall–Kier alpha value is -5.47. The van der Waals surface area contributed by atoms with Crippen molar-refractivity contribution in [2.75, 3.05) is 39.6 Å². The minimum Gasteiger partial charge on any atom is -0.464 e. The maximum atomic E-state index is 12.4. The second-order valence-electron chi connectivity index (χ2n) is 36.1. The van der Waals surface area contributed by atoms with Gasteiger partial charge < -0.3 is 42.6 Å². The summed E-state index contributed by atoms with van der Waals surface area (Å²) in [6.07, 6.45) is 1.65. The quantitative estimate of drug-likeness (QED) is 0.0836. The van der Waals surface area contributed by atoms with Gasteiger partial charge in [0, 0.05) is 18.3 Å². The number of ether oxygens (including phenoxy) is 9. The van der Waals surface area contributed by atoms with Crippen molar-refractivity contribution in [1.82, 2.24) is 0 Å². The minimum atomic E-state index is -0.799. The summed E-state index contributed by atoms with van der Waals surface area (Å²) in [5.74, 6) is -2.46. The van der Waals surface area contributed by atoms with Gasteiger partial charge in [0.15, 0.2) is 18.2 Å². The van der Waals surface area contributed by atoms with Crippen LogP contribution in [0.25, 0.3) is 0 Å². The number of hydrogen-bond acceptors (Lipinski definition) is 20. The van der Waals surface area contributed by atoms with Gasteiger partial charge in [0.05, 0.1) is 51.6 Å². The third-order valence-electron chi connectivity index (χ3n) is 20.8. The van der Waals surface area contributed by atoms with Crippen LogP contribution in [0, 0.1) is 93.1 Å². The number of hydrogen-bond donors (Lipinski definition) is 0. The maximum Gasteiger partial charge on any atom is 0.348 e. The molecule has 0 bridgehead atoms. The van der Waals surface area contributed by atoms with Crippen molar-refractivity contribution in [3.05, 3.63) is 0 Å². The van der Waals surface area contributed by atoms with Gasteiger partial charge in [0.2, 0.25) is 6.10 Å². The molecule has 0 aromatic rings. The molecule has 2 unspecified atom stereocenters. The van der Waals surface area contributed by atoms with Crippen LogP contribution in [0.15, 0.2) is 0 Å². The lowest BCUT2D eigenvalue weighted by molar-refractivity contribution is -0.179. The van der Waals surface area contributed by atoms with E-state index in [1.54, 1.807) is 6.07 Å². The van der Waals surface area contributed by atoms with Crippen molar-refractivity contribution < 1.29 is 85.8 Å². The Morgan fingerprint density at radius 2 is 0.832 bits per heavy atom. The standard InChI is InChI=1S/C15H26O3.C14H24O4.C14H26O4.C11H19NO2.C11H20O3.C10H17NO2/c1-13(2,3)14(4,5)12(17)18-15(6)9-7-11(16)8-10-15;1-12(2,3)14(6,7)11(16)18-9-10(15)17-8-13(9,4)5;1-12(2,3)13(4,5)11(15)16-8-10-9-17-14(6,7)18-10;1-10(2,3)11(4,5)9(13)14-8-6-7-12;1-8(12)7-14-9(13)11(5,6)10(2,3)4;1-9(2,3)10(4,5)8(12)13-7-6-11/h7-10H2,1-6H3;9H,8H2,1-7H3;10H,8-9H2,1-7H3;6,8H2,1-5H3;7H2,1-6H3;7H2,1-5H3. The Bertz CT molecular complexity index is 2660. The van der Waals surface area contributed by atoms with Crippen LogP contribution in [-0.4, -0.2) is 117 Å². The van der Waals surface area contributed by atoms with Crippen molar-refractivity contribution >= 4 is 53.4 Å². The van der Waals surface area contributed by atoms with Crippen LogP contribution in [0.4, 0.5) is 0 Å². The van der Waals surface area contributed by atoms with Crippen molar-refractivity contribution in [3.8, 4) is 12.1 Å². The Balaban J connectivity index is -0.00000108. The predicted molar refractivity (Wildman–Crippen MR) is 367 cm³/mol. The number of rotatable bonds is 15. The first kappa shape index (κ1) is 93.7. The summed E-state index contributed by atoms with van der Waals surface area (Å²) in [5.41, 5.74) is -5.33. The van der Waals surface area contributed by atoms with E-state index in [0.717, 1.165) is 0 Å². The van der Waals surface area contributed by atoms with Crippen molar-refractivity contribution in [3.63, 3.8) is 0 Å². The Labute approximate surface area is 574 Å². The molecule has 0 spiro atoms. The lowest BCUT2D eigenvalue weighted by Crippen LogP contribution is -2.45. The molecule has 0 radical (unpaired) electrons. The molecule has 3 rings (SSSR count). The maximum absolute atomic E-state index is 12.4. The Morgan fingerprint density at radius 3 is 1.15 bits per heavy atom. The molecule has 0 aromatic heterocycles. The highest BCUT2D eigenvalue weighted by molar-refractivity contribution is 5.85. The molecule has 95 heavy (non-hydrogen) atoms. The largest absolute Gasteiger partial charge is 0.464 e. The lowest BCUT2D eigenvalue weighted by Gasteiger charge is -2.41. The number of cyclic esters (lactones) is 1. The Kier molecular flexibility index (Phi) is 34.4. The fraction of sp³-hybridized carbons (Fsp3) is 0.853. The second-order valence-corrected chi connectivity index (χ2v) is 36.1. The molecule has 1 aliphatic carbocycles. The van der Waals surface area contributed by atoms with Gasteiger partial charge in [0.25, 0.3) is 0 Å². The monoisotopic (exact) mass is 1350 g/mol. The van der Waals surface area contributed by atoms with Crippen LogP contribution >= 0.6 is 0 Å². The van der Waals surface area contributed by atoms with Crippen molar-refractivity contribution in [2.45, 2.75) is 305 Å². The van der Waals surface area contributed by atoms with E-state index in [4.69, 9.17) is 53.2 Å². The molecule has 2 aliphatic heterocycles. The molecular formula is C75H132N2O18. The first-order valence-corrected chi connectivity index (χ1v) is 33.3. The zero-order chi connectivity index (χ0) is 76.4. The van der Waals surface area contributed by atoms with Gasteiger partial charge in [-0.25, -0.2) is 4.79 Å². The van der Waals surface area contributed by atoms with E-state index in [1.165, 1.54) is 6.92 Å². The van der Waals surface area contributed by atoms with E-state index >= 15 is 0 Å². The van der Waals surface area contributed by atoms with E-state index < -0.39 is 61.4 Å². The summed E-state index contributed by atoms with van der Waals surface area (Å²) >= 11 is 0. The van der Waals surface area contributed by atoms with E-state index in [0.29, 0.717) is 38.9 Å². The van der Waals surface area contributed by atoms with E-state index in [-0.39, 0.29) is 119 Å². The third-order valence-corrected chi connectivity index (χ3v) is 20.8. The topological polar surface area (TPSA) is 284 Å². The zero-order valence-corrected chi connectivity index (χ0v) is 66.2. The number of ketones is 2. The molecule has 550 valence electrons. The molecular weight excluding hydrogens is 1220 g/mol. The first-order valence-electron chi connectivity index (χ1n) is 33.3. The molecule has 0 amide bonds. The smallest absolute Gasteiger partial charge is 0.348 e. The summed E-state index contributed by atoms with van der Waals surface area (Å²) < 4.78 is 47.2. The van der Waals surface area contributed by atoms with Crippen molar-refractivity contribution in [2.24, 2.45) is 70.4 Å². The van der Waals surface area contributed by atoms with E-state index in [2.05, 4.69) is 0 Å². The van der Waals surface area contributed by atoms with Gasteiger partial charge in [-0.15, -0.1) is 0 Å². The number of carbonyl (C=O) groups excluding carboxylic acids is 9. The molecule has 20 heteroatoms. The number of Topliss-reactive ketones (excluding diaryl/α,β-unsaturated/α-hetero) is 2. The highest BCUT2D eigenvalue weighted by Gasteiger charge is 2.51. The highest BCUT2D eigenvalue weighted by atomic mass is 16.7. The molecule has 2 saturated heterocycles. The van der Waals surface area contributed by atoms with Gasteiger partial charge in [-0.2, -0.15) is 10.5 Å². The number of nitriles is 2. The fourth-order valence-electron chi connectivity index (χ4n) is 6.73. The molecule has 2 heterocycles. The van der Waals surface area contributed by atoms with Crippen LogP contribution in [0.5, 0.6) is 0 Å². The lowest BCUT2D eigenvalue weighted by atomic mass is 9.69. The summed E-state index contributed by atoms with van der Waals surface area (Å²) in [6, 6.07) is 3.72. The highest BCUT2D eigenvalue weighted by Crippen LogP contribution is 2.45. The Morgan fingerprint density at radius 1 is 0.484 bits per heavy atom. The van der Waals surface area contributed by atoms with Gasteiger partial charge in [0.1, 0.15) is 50.0 Å². The van der Waals surface area contributed by atoms with Gasteiger partial charge in [-0.1, -0.05) is 138 Å². The normalized spacial score (nSPS) is 18.2. The van der Waals surface area contributed by atoms with E-state index in [1.807, 2.05) is 248 Å². The van der Waals surface area contributed by atoms with Crippen LogP contribution in [0.2, 0.25) is 0 Å². The second kappa shape index (κ2) is 34.8. The van der Waals surface area contributed by atoms with Crippen LogP contribution in [0.1, 0.15) is 281 Å². The van der Waals surface area contributed by atoms with Crippen LogP contribution in [0.3, 0.4) is 0 Å². The molecule has 3 aliphatic rings. The van der Waals surface area contributed by atoms with Gasteiger partial charge >= 0.3 is 41.8 Å². The summed E-state index contributed by atoms with van der Waals surface area (Å²) in [6.45, 7) is 70.1. The first-order chi connectivity index (χ1) is 41.9. The van der Waals surface area contributed by atoms with E-state index in [9.17, 15) is 43.2 Å². The molecule has 0 aromatic carbocycles. The average molecular weight is 1350 g/mol. The summed E-state index contributed by atoms with van der Waals surface area (Å²) in [4.78, 5) is 105. The fourth-order valence-corrected chi connectivity index (χ4v) is 6.73. The van der Waals surface area contributed by atoms with Gasteiger partial charge in [-0.3, -0.25) is 38.4 Å². The molecule has 20 nitrogen and oxygen atoms in total. The molecule has 3 fully saturated rings. The zero-order valence-electron chi connectivity index (χ0n) is 66.2. The summed E-state index contributed by atoms with van der Waals surface area (Å²) in [5, 5.41) is 16.6. The third kappa shape index (κ3) is 28.9. The van der Waals surface area contributed by atoms with Crippen LogP contribution < -0.4 is 0 Å². The number of carbonyl (C=O) groups is 9. The minimum absolute atomic E-state index is 0.127.